The average Bonchev–Trinajstić information content (AvgIpc) is 2.97. The minimum atomic E-state index is -0.182. The normalized spacial score (nSPS) is 24.4. The lowest BCUT2D eigenvalue weighted by molar-refractivity contribution is -0.142. The minimum absolute atomic E-state index is 0.0618. The molecule has 3 heteroatoms. The molecule has 3 nitrogen and oxygen atoms in total. The van der Waals surface area contributed by atoms with Crippen molar-refractivity contribution in [3.8, 4) is 5.75 Å². The molecular formula is C11H12O3. The molecule has 1 aromatic rings. The number of ether oxygens (including phenoxy) is 1. The lowest BCUT2D eigenvalue weighted by Crippen LogP contribution is -2.03. The second-order valence-corrected chi connectivity index (χ2v) is 3.53. The Hall–Kier alpha value is -1.51. The summed E-state index contributed by atoms with van der Waals surface area (Å²) in [4.78, 5) is 11.2. The molecule has 0 spiro atoms. The molecule has 1 N–H and O–H groups in total. The van der Waals surface area contributed by atoms with Gasteiger partial charge in [-0.1, -0.05) is 18.2 Å². The van der Waals surface area contributed by atoms with Crippen molar-refractivity contribution in [2.75, 3.05) is 7.11 Å². The quantitative estimate of drug-likeness (QED) is 0.725. The zero-order valence-corrected chi connectivity index (χ0v) is 7.93. The van der Waals surface area contributed by atoms with Crippen LogP contribution >= 0.6 is 0 Å². The molecule has 2 unspecified atom stereocenters. The highest BCUT2D eigenvalue weighted by molar-refractivity contribution is 5.77. The van der Waals surface area contributed by atoms with Crippen molar-refractivity contribution >= 4 is 5.97 Å². The molecule has 0 radical (unpaired) electrons. The van der Waals surface area contributed by atoms with Crippen molar-refractivity contribution in [2.24, 2.45) is 5.92 Å². The van der Waals surface area contributed by atoms with Crippen LogP contribution in [-0.4, -0.2) is 18.2 Å². The summed E-state index contributed by atoms with van der Waals surface area (Å²) in [5, 5.41) is 9.54. The number of rotatable bonds is 2. The molecule has 1 aliphatic rings. The first-order valence-corrected chi connectivity index (χ1v) is 4.59. The van der Waals surface area contributed by atoms with E-state index in [0.29, 0.717) is 0 Å². The van der Waals surface area contributed by atoms with E-state index < -0.39 is 0 Å². The molecular weight excluding hydrogens is 180 g/mol. The number of methoxy groups -OCH3 is 1. The highest BCUT2D eigenvalue weighted by atomic mass is 16.5. The number of aromatic hydroxyl groups is 1. The number of hydrogen-bond donors (Lipinski definition) is 1. The van der Waals surface area contributed by atoms with E-state index in [4.69, 9.17) is 0 Å². The first kappa shape index (κ1) is 9.06. The largest absolute Gasteiger partial charge is 0.508 e. The van der Waals surface area contributed by atoms with Gasteiger partial charge in [0, 0.05) is 5.92 Å². The summed E-state index contributed by atoms with van der Waals surface area (Å²) >= 11 is 0. The number of phenols is 1. The molecule has 74 valence electrons. The zero-order chi connectivity index (χ0) is 10.1. The molecule has 0 bridgehead atoms. The Labute approximate surface area is 82.3 Å². The summed E-state index contributed by atoms with van der Waals surface area (Å²) in [6.45, 7) is 0. The first-order valence-electron chi connectivity index (χ1n) is 4.59. The molecule has 2 rings (SSSR count). The predicted octanol–water partition coefficient (Wildman–Crippen LogP) is 1.67. The Kier molecular flexibility index (Phi) is 2.15. The van der Waals surface area contributed by atoms with Crippen LogP contribution in [0, 0.1) is 5.92 Å². The van der Waals surface area contributed by atoms with E-state index >= 15 is 0 Å². The van der Waals surface area contributed by atoms with Crippen molar-refractivity contribution in [1.82, 2.24) is 0 Å². The second-order valence-electron chi connectivity index (χ2n) is 3.53. The van der Waals surface area contributed by atoms with E-state index in [1.165, 1.54) is 7.11 Å². The van der Waals surface area contributed by atoms with E-state index in [1.807, 2.05) is 12.1 Å². The molecule has 0 heterocycles. The molecule has 2 atom stereocenters. The van der Waals surface area contributed by atoms with Crippen LogP contribution in [0.25, 0.3) is 0 Å². The number of carbonyl (C=O) groups excluding carboxylic acids is 1. The zero-order valence-electron chi connectivity index (χ0n) is 7.93. The highest BCUT2D eigenvalue weighted by Crippen LogP contribution is 2.50. The molecule has 0 aromatic heterocycles. The number of para-hydroxylation sites is 1. The van der Waals surface area contributed by atoms with Crippen LogP contribution < -0.4 is 0 Å². The minimum Gasteiger partial charge on any atom is -0.508 e. The molecule has 1 aliphatic carbocycles. The Morgan fingerprint density at radius 1 is 1.50 bits per heavy atom. The van der Waals surface area contributed by atoms with Crippen molar-refractivity contribution in [1.29, 1.82) is 0 Å². The van der Waals surface area contributed by atoms with Crippen molar-refractivity contribution in [3.63, 3.8) is 0 Å². The van der Waals surface area contributed by atoms with Crippen LogP contribution in [0.3, 0.4) is 0 Å². The number of hydrogen-bond acceptors (Lipinski definition) is 3. The van der Waals surface area contributed by atoms with Crippen molar-refractivity contribution < 1.29 is 14.6 Å². The highest BCUT2D eigenvalue weighted by Gasteiger charge is 2.45. The van der Waals surface area contributed by atoms with Gasteiger partial charge < -0.3 is 9.84 Å². The fourth-order valence-electron chi connectivity index (χ4n) is 1.75. The maximum atomic E-state index is 11.2. The molecule has 1 fully saturated rings. The Balaban J connectivity index is 2.13. The van der Waals surface area contributed by atoms with Crippen LogP contribution in [0.2, 0.25) is 0 Å². The lowest BCUT2D eigenvalue weighted by atomic mass is 10.1. The van der Waals surface area contributed by atoms with Gasteiger partial charge in [0.1, 0.15) is 5.75 Å². The van der Waals surface area contributed by atoms with Crippen molar-refractivity contribution in [2.45, 2.75) is 12.3 Å². The smallest absolute Gasteiger partial charge is 0.309 e. The van der Waals surface area contributed by atoms with Gasteiger partial charge in [-0.05, 0) is 18.1 Å². The van der Waals surface area contributed by atoms with E-state index in [9.17, 15) is 9.90 Å². The lowest BCUT2D eigenvalue weighted by Gasteiger charge is -2.02. The fourth-order valence-corrected chi connectivity index (χ4v) is 1.75. The molecule has 14 heavy (non-hydrogen) atoms. The Morgan fingerprint density at radius 2 is 2.21 bits per heavy atom. The topological polar surface area (TPSA) is 46.5 Å². The van der Waals surface area contributed by atoms with Gasteiger partial charge in [-0.2, -0.15) is 0 Å². The van der Waals surface area contributed by atoms with Gasteiger partial charge in [0.15, 0.2) is 0 Å². The number of esters is 1. The second kappa shape index (κ2) is 3.33. The van der Waals surface area contributed by atoms with E-state index in [-0.39, 0.29) is 23.6 Å². The molecule has 1 saturated carbocycles. The number of benzene rings is 1. The van der Waals surface area contributed by atoms with E-state index in [0.717, 1.165) is 12.0 Å². The van der Waals surface area contributed by atoms with E-state index in [1.54, 1.807) is 12.1 Å². The molecule has 0 saturated heterocycles. The van der Waals surface area contributed by atoms with Crippen molar-refractivity contribution in [3.05, 3.63) is 29.8 Å². The summed E-state index contributed by atoms with van der Waals surface area (Å²) in [5.74, 6) is 0.166. The summed E-state index contributed by atoms with van der Waals surface area (Å²) in [6, 6.07) is 7.13. The fraction of sp³-hybridized carbons (Fsp3) is 0.364. The third-order valence-electron chi connectivity index (χ3n) is 2.63. The van der Waals surface area contributed by atoms with Gasteiger partial charge in [0.05, 0.1) is 13.0 Å². The standard InChI is InChI=1S/C11H12O3/c1-14-11(13)9-6-8(9)7-4-2-3-5-10(7)12/h2-5,8-9,12H,6H2,1H3. The first-order chi connectivity index (χ1) is 6.74. The summed E-state index contributed by atoms with van der Waals surface area (Å²) in [5.41, 5.74) is 0.850. The maximum absolute atomic E-state index is 11.2. The maximum Gasteiger partial charge on any atom is 0.309 e. The van der Waals surface area contributed by atoms with Gasteiger partial charge >= 0.3 is 5.97 Å². The van der Waals surface area contributed by atoms with E-state index in [2.05, 4.69) is 4.74 Å². The molecule has 0 amide bonds. The van der Waals surface area contributed by atoms with Gasteiger partial charge in [-0.25, -0.2) is 0 Å². The third kappa shape index (κ3) is 1.45. The molecule has 1 aromatic carbocycles. The van der Waals surface area contributed by atoms with Crippen LogP contribution in [0.15, 0.2) is 24.3 Å². The van der Waals surface area contributed by atoms with Gasteiger partial charge in [-0.15, -0.1) is 0 Å². The van der Waals surface area contributed by atoms with Crippen LogP contribution in [0.5, 0.6) is 5.75 Å². The van der Waals surface area contributed by atoms with Gasteiger partial charge in [0.25, 0.3) is 0 Å². The summed E-state index contributed by atoms with van der Waals surface area (Å²) < 4.78 is 4.65. The SMILES string of the molecule is COC(=O)C1CC1c1ccccc1O. The summed E-state index contributed by atoms with van der Waals surface area (Å²) in [7, 11) is 1.39. The number of phenolic OH excluding ortho intramolecular Hbond substituents is 1. The van der Waals surface area contributed by atoms with Gasteiger partial charge in [-0.3, -0.25) is 4.79 Å². The summed E-state index contributed by atoms with van der Waals surface area (Å²) in [6.07, 6.45) is 0.782. The van der Waals surface area contributed by atoms with Crippen LogP contribution in [0.1, 0.15) is 17.9 Å². The average molecular weight is 192 g/mol. The predicted molar refractivity (Wildman–Crippen MR) is 51.0 cm³/mol. The molecule has 0 aliphatic heterocycles. The van der Waals surface area contributed by atoms with Crippen LogP contribution in [0.4, 0.5) is 0 Å². The van der Waals surface area contributed by atoms with Gasteiger partial charge in [0.2, 0.25) is 0 Å². The Morgan fingerprint density at radius 3 is 2.86 bits per heavy atom. The van der Waals surface area contributed by atoms with Crippen LogP contribution in [-0.2, 0) is 9.53 Å². The number of carbonyl (C=O) groups is 1. The third-order valence-corrected chi connectivity index (χ3v) is 2.63. The Bertz CT molecular complexity index is 359. The monoisotopic (exact) mass is 192 g/mol.